The quantitative estimate of drug-likeness (QED) is 0.885. The van der Waals surface area contributed by atoms with Gasteiger partial charge in [0.25, 0.3) is 0 Å². The van der Waals surface area contributed by atoms with E-state index >= 15 is 0 Å². The van der Waals surface area contributed by atoms with Crippen molar-refractivity contribution >= 4 is 0 Å². The molecular formula is C15H22N4O2. The topological polar surface area (TPSA) is 73.1 Å². The molecule has 6 nitrogen and oxygen atoms in total. The summed E-state index contributed by atoms with van der Waals surface area (Å²) >= 11 is 0. The van der Waals surface area contributed by atoms with Crippen LogP contribution in [0.25, 0.3) is 11.4 Å². The van der Waals surface area contributed by atoms with Crippen molar-refractivity contribution in [2.45, 2.75) is 46.3 Å². The van der Waals surface area contributed by atoms with Gasteiger partial charge in [-0.3, -0.25) is 4.98 Å². The van der Waals surface area contributed by atoms with Crippen LogP contribution in [0.5, 0.6) is 5.75 Å². The fourth-order valence-corrected chi connectivity index (χ4v) is 2.08. The third kappa shape index (κ3) is 3.39. The van der Waals surface area contributed by atoms with E-state index in [-0.39, 0.29) is 0 Å². The second-order valence-electron chi connectivity index (χ2n) is 5.07. The smallest absolute Gasteiger partial charge is 0.179 e. The minimum Gasteiger partial charge on any atom is -0.494 e. The van der Waals surface area contributed by atoms with Gasteiger partial charge in [0.15, 0.2) is 11.6 Å². The summed E-state index contributed by atoms with van der Waals surface area (Å²) in [5, 5.41) is 14.1. The number of aryl methyl sites for hydroxylation is 2. The summed E-state index contributed by atoms with van der Waals surface area (Å²) in [6.07, 6.45) is 3.06. The molecule has 0 saturated heterocycles. The lowest BCUT2D eigenvalue weighted by atomic mass is 10.2. The molecule has 2 aromatic rings. The van der Waals surface area contributed by atoms with Crippen molar-refractivity contribution in [2.75, 3.05) is 7.11 Å². The second kappa shape index (κ2) is 6.67. The van der Waals surface area contributed by atoms with Crippen LogP contribution in [0.4, 0.5) is 0 Å². The maximum atomic E-state index is 9.73. The standard InChI is InChI=1S/C15H22N4O2/c1-5-6-7-19-15(17-14(18-19)11(3)20)12-8-10(2)16-9-13(12)21-4/h8-9,11,20H,5-7H2,1-4H3. The highest BCUT2D eigenvalue weighted by molar-refractivity contribution is 5.64. The molecule has 2 aromatic heterocycles. The molecule has 2 rings (SSSR count). The lowest BCUT2D eigenvalue weighted by Crippen LogP contribution is -2.04. The maximum Gasteiger partial charge on any atom is 0.179 e. The molecule has 0 aromatic carbocycles. The number of rotatable bonds is 6. The Labute approximate surface area is 124 Å². The second-order valence-corrected chi connectivity index (χ2v) is 5.07. The van der Waals surface area contributed by atoms with Crippen LogP contribution >= 0.6 is 0 Å². The zero-order chi connectivity index (χ0) is 15.4. The number of methoxy groups -OCH3 is 1. The van der Waals surface area contributed by atoms with E-state index in [9.17, 15) is 5.11 Å². The highest BCUT2D eigenvalue weighted by Crippen LogP contribution is 2.29. The zero-order valence-electron chi connectivity index (χ0n) is 13.0. The van der Waals surface area contributed by atoms with E-state index in [1.54, 1.807) is 20.2 Å². The molecule has 0 saturated carbocycles. The van der Waals surface area contributed by atoms with Crippen molar-refractivity contribution in [2.24, 2.45) is 0 Å². The number of nitrogens with zero attached hydrogens (tertiary/aromatic N) is 4. The fraction of sp³-hybridized carbons (Fsp3) is 0.533. The van der Waals surface area contributed by atoms with E-state index in [0.29, 0.717) is 17.4 Å². The predicted octanol–water partition coefficient (Wildman–Crippen LogP) is 2.51. The Morgan fingerprint density at radius 3 is 2.81 bits per heavy atom. The lowest BCUT2D eigenvalue weighted by molar-refractivity contribution is 0.188. The van der Waals surface area contributed by atoms with E-state index < -0.39 is 6.10 Å². The van der Waals surface area contributed by atoms with Gasteiger partial charge in [-0.1, -0.05) is 13.3 Å². The van der Waals surface area contributed by atoms with E-state index in [2.05, 4.69) is 22.0 Å². The van der Waals surface area contributed by atoms with Crippen LogP contribution in [0.1, 0.15) is 44.3 Å². The number of aliphatic hydroxyl groups is 1. The van der Waals surface area contributed by atoms with Crippen LogP contribution in [0.15, 0.2) is 12.3 Å². The summed E-state index contributed by atoms with van der Waals surface area (Å²) in [6, 6.07) is 1.93. The summed E-state index contributed by atoms with van der Waals surface area (Å²) in [6.45, 7) is 6.48. The molecule has 1 atom stereocenters. The monoisotopic (exact) mass is 290 g/mol. The maximum absolute atomic E-state index is 9.73. The molecule has 0 radical (unpaired) electrons. The van der Waals surface area contributed by atoms with Gasteiger partial charge in [-0.25, -0.2) is 9.67 Å². The Morgan fingerprint density at radius 1 is 1.43 bits per heavy atom. The van der Waals surface area contributed by atoms with Gasteiger partial charge in [0.05, 0.1) is 18.9 Å². The fourth-order valence-electron chi connectivity index (χ4n) is 2.08. The zero-order valence-corrected chi connectivity index (χ0v) is 13.0. The Bertz CT molecular complexity index is 608. The normalized spacial score (nSPS) is 12.4. The van der Waals surface area contributed by atoms with Crippen LogP contribution in [0.3, 0.4) is 0 Å². The molecule has 0 spiro atoms. The van der Waals surface area contributed by atoms with E-state index in [1.807, 2.05) is 17.7 Å². The summed E-state index contributed by atoms with van der Waals surface area (Å²) in [5.41, 5.74) is 1.73. The van der Waals surface area contributed by atoms with Gasteiger partial charge >= 0.3 is 0 Å². The number of ether oxygens (including phenoxy) is 1. The Kier molecular flexibility index (Phi) is 4.90. The Hall–Kier alpha value is -1.95. The average Bonchev–Trinajstić information content (AvgIpc) is 2.89. The number of hydrogen-bond donors (Lipinski definition) is 1. The molecule has 114 valence electrons. The van der Waals surface area contributed by atoms with Crippen molar-refractivity contribution in [1.29, 1.82) is 0 Å². The highest BCUT2D eigenvalue weighted by atomic mass is 16.5. The van der Waals surface area contributed by atoms with Crippen LogP contribution in [0.2, 0.25) is 0 Å². The molecule has 0 fully saturated rings. The van der Waals surface area contributed by atoms with Crippen molar-refractivity contribution in [3.8, 4) is 17.1 Å². The first-order chi connectivity index (χ1) is 10.1. The number of pyridine rings is 1. The number of hydrogen-bond acceptors (Lipinski definition) is 5. The predicted molar refractivity (Wildman–Crippen MR) is 80.1 cm³/mol. The largest absolute Gasteiger partial charge is 0.494 e. The van der Waals surface area contributed by atoms with Crippen LogP contribution in [0, 0.1) is 6.92 Å². The Morgan fingerprint density at radius 2 is 2.19 bits per heavy atom. The number of unbranched alkanes of at least 4 members (excludes halogenated alkanes) is 1. The first-order valence-electron chi connectivity index (χ1n) is 7.20. The minimum absolute atomic E-state index is 0.428. The lowest BCUT2D eigenvalue weighted by Gasteiger charge is -2.09. The molecule has 0 aliphatic rings. The van der Waals surface area contributed by atoms with Crippen molar-refractivity contribution < 1.29 is 9.84 Å². The van der Waals surface area contributed by atoms with E-state index in [4.69, 9.17) is 4.74 Å². The van der Waals surface area contributed by atoms with Crippen molar-refractivity contribution in [3.63, 3.8) is 0 Å². The van der Waals surface area contributed by atoms with Gasteiger partial charge < -0.3 is 9.84 Å². The average molecular weight is 290 g/mol. The van der Waals surface area contributed by atoms with Gasteiger partial charge in [0, 0.05) is 12.2 Å². The van der Waals surface area contributed by atoms with Gasteiger partial charge in [-0.05, 0) is 26.3 Å². The number of aliphatic hydroxyl groups excluding tert-OH is 1. The molecule has 0 bridgehead atoms. The molecule has 6 heteroatoms. The highest BCUT2D eigenvalue weighted by Gasteiger charge is 2.18. The Balaban J connectivity index is 2.53. The van der Waals surface area contributed by atoms with Crippen LogP contribution < -0.4 is 4.74 Å². The van der Waals surface area contributed by atoms with Gasteiger partial charge in [0.2, 0.25) is 0 Å². The molecule has 21 heavy (non-hydrogen) atoms. The molecular weight excluding hydrogens is 268 g/mol. The third-order valence-corrected chi connectivity index (χ3v) is 3.25. The molecule has 0 aliphatic heterocycles. The summed E-state index contributed by atoms with van der Waals surface area (Å²) in [4.78, 5) is 8.71. The van der Waals surface area contributed by atoms with Gasteiger partial charge in [0.1, 0.15) is 11.9 Å². The van der Waals surface area contributed by atoms with E-state index in [1.165, 1.54) is 0 Å². The molecule has 0 amide bonds. The van der Waals surface area contributed by atoms with Crippen molar-refractivity contribution in [3.05, 3.63) is 23.8 Å². The number of aromatic nitrogens is 4. The summed E-state index contributed by atoms with van der Waals surface area (Å²) in [5.74, 6) is 1.79. The molecule has 2 heterocycles. The van der Waals surface area contributed by atoms with Crippen LogP contribution in [-0.4, -0.2) is 32.0 Å². The minimum atomic E-state index is -0.694. The summed E-state index contributed by atoms with van der Waals surface area (Å²) < 4.78 is 7.21. The SMILES string of the molecule is CCCCn1nc(C(C)O)nc1-c1cc(C)ncc1OC. The van der Waals surface area contributed by atoms with Gasteiger partial charge in [-0.15, -0.1) is 0 Å². The van der Waals surface area contributed by atoms with E-state index in [0.717, 1.165) is 30.6 Å². The first-order valence-corrected chi connectivity index (χ1v) is 7.20. The van der Waals surface area contributed by atoms with Crippen LogP contribution in [-0.2, 0) is 6.54 Å². The molecule has 1 N–H and O–H groups in total. The first kappa shape index (κ1) is 15.4. The van der Waals surface area contributed by atoms with Gasteiger partial charge in [-0.2, -0.15) is 5.10 Å². The van der Waals surface area contributed by atoms with Crippen molar-refractivity contribution in [1.82, 2.24) is 19.7 Å². The summed E-state index contributed by atoms with van der Waals surface area (Å²) in [7, 11) is 1.61. The molecule has 1 unspecified atom stereocenters. The third-order valence-electron chi connectivity index (χ3n) is 3.25. The molecule has 0 aliphatic carbocycles.